The van der Waals surface area contributed by atoms with Crippen molar-refractivity contribution >= 4 is 33.7 Å². The molecule has 0 N–H and O–H groups in total. The molecule has 5 rings (SSSR count). The molecule has 1 saturated heterocycles. The molecule has 0 saturated carbocycles. The van der Waals surface area contributed by atoms with Crippen molar-refractivity contribution in [2.24, 2.45) is 0 Å². The van der Waals surface area contributed by atoms with Gasteiger partial charge in [0.25, 0.3) is 0 Å². The molecule has 4 heterocycles. The highest BCUT2D eigenvalue weighted by Gasteiger charge is 2.22. The second-order valence-corrected chi connectivity index (χ2v) is 6.97. The normalized spacial score (nSPS) is 17.9. The molecule has 1 atom stereocenters. The molecule has 1 aliphatic heterocycles. The van der Waals surface area contributed by atoms with Gasteiger partial charge in [-0.25, -0.2) is 15.0 Å². The number of nitrogens with zero attached hydrogens (tertiary/aromatic N) is 4. The van der Waals surface area contributed by atoms with Crippen LogP contribution in [0.15, 0.2) is 41.8 Å². The van der Waals surface area contributed by atoms with Crippen molar-refractivity contribution in [2.45, 2.75) is 25.5 Å². The van der Waals surface area contributed by atoms with Crippen molar-refractivity contribution in [2.75, 3.05) is 6.61 Å². The van der Waals surface area contributed by atoms with E-state index in [1.807, 2.05) is 30.3 Å². The standard InChI is InChI=1S/C18H16N4OS/c1-2-7-14-13(6-1)19-16-18(20-14)22(11-12-5-3-9-23-12)17(21-16)15-8-4-10-24-15/h1-2,4,6-8,10,12H,3,5,9,11H2/t12-/m1/s1. The third-order valence-electron chi connectivity index (χ3n) is 4.41. The van der Waals surface area contributed by atoms with E-state index < -0.39 is 0 Å². The molecule has 0 spiro atoms. The Morgan fingerprint density at radius 3 is 2.71 bits per heavy atom. The Labute approximate surface area is 143 Å². The number of hydrogen-bond acceptors (Lipinski definition) is 5. The van der Waals surface area contributed by atoms with Crippen LogP contribution in [-0.4, -0.2) is 32.2 Å². The van der Waals surface area contributed by atoms with E-state index >= 15 is 0 Å². The summed E-state index contributed by atoms with van der Waals surface area (Å²) in [6.07, 6.45) is 2.44. The third kappa shape index (κ3) is 2.30. The Balaban J connectivity index is 1.74. The van der Waals surface area contributed by atoms with Crippen LogP contribution < -0.4 is 0 Å². The quantitative estimate of drug-likeness (QED) is 0.569. The van der Waals surface area contributed by atoms with E-state index in [0.717, 1.165) is 53.4 Å². The lowest BCUT2D eigenvalue weighted by molar-refractivity contribution is 0.0981. The van der Waals surface area contributed by atoms with Gasteiger partial charge in [0, 0.05) is 6.61 Å². The van der Waals surface area contributed by atoms with Gasteiger partial charge < -0.3 is 9.30 Å². The molecule has 0 aliphatic carbocycles. The van der Waals surface area contributed by atoms with Crippen LogP contribution in [-0.2, 0) is 11.3 Å². The summed E-state index contributed by atoms with van der Waals surface area (Å²) in [4.78, 5) is 15.5. The minimum absolute atomic E-state index is 0.231. The highest BCUT2D eigenvalue weighted by molar-refractivity contribution is 7.13. The largest absolute Gasteiger partial charge is 0.376 e. The van der Waals surface area contributed by atoms with Gasteiger partial charge in [-0.05, 0) is 36.4 Å². The molecule has 24 heavy (non-hydrogen) atoms. The molecular weight excluding hydrogens is 320 g/mol. The first-order valence-corrected chi connectivity index (χ1v) is 9.05. The van der Waals surface area contributed by atoms with E-state index in [4.69, 9.17) is 19.7 Å². The predicted molar refractivity (Wildman–Crippen MR) is 95.1 cm³/mol. The van der Waals surface area contributed by atoms with Gasteiger partial charge in [-0.15, -0.1) is 11.3 Å². The van der Waals surface area contributed by atoms with E-state index in [9.17, 15) is 0 Å². The molecule has 120 valence electrons. The van der Waals surface area contributed by atoms with Crippen LogP contribution in [0.1, 0.15) is 12.8 Å². The first-order chi connectivity index (χ1) is 11.9. The Morgan fingerprint density at radius 1 is 1.08 bits per heavy atom. The Hall–Kier alpha value is -2.31. The van der Waals surface area contributed by atoms with E-state index in [0.29, 0.717) is 5.65 Å². The molecule has 0 amide bonds. The molecule has 3 aromatic heterocycles. The molecule has 6 heteroatoms. The fraction of sp³-hybridized carbons (Fsp3) is 0.278. The minimum Gasteiger partial charge on any atom is -0.376 e. The van der Waals surface area contributed by atoms with Crippen LogP contribution in [0.3, 0.4) is 0 Å². The maximum atomic E-state index is 5.84. The number of aromatic nitrogens is 4. The van der Waals surface area contributed by atoms with Crippen LogP contribution in [0.4, 0.5) is 0 Å². The lowest BCUT2D eigenvalue weighted by Gasteiger charge is -2.13. The van der Waals surface area contributed by atoms with Crippen LogP contribution >= 0.6 is 11.3 Å². The highest BCUT2D eigenvalue weighted by Crippen LogP contribution is 2.29. The summed E-state index contributed by atoms with van der Waals surface area (Å²) in [5.41, 5.74) is 3.32. The van der Waals surface area contributed by atoms with Crippen molar-refractivity contribution in [1.82, 2.24) is 19.5 Å². The van der Waals surface area contributed by atoms with Gasteiger partial charge in [-0.2, -0.15) is 0 Å². The van der Waals surface area contributed by atoms with Gasteiger partial charge in [-0.1, -0.05) is 18.2 Å². The van der Waals surface area contributed by atoms with Crippen LogP contribution in [0.2, 0.25) is 0 Å². The van der Waals surface area contributed by atoms with Crippen molar-refractivity contribution in [3.05, 3.63) is 41.8 Å². The Kier molecular flexibility index (Phi) is 3.31. The average Bonchev–Trinajstić information content (AvgIpc) is 3.35. The number of benzene rings is 1. The fourth-order valence-corrected chi connectivity index (χ4v) is 3.98. The van der Waals surface area contributed by atoms with Crippen LogP contribution in [0.5, 0.6) is 0 Å². The lowest BCUT2D eigenvalue weighted by atomic mass is 10.2. The van der Waals surface area contributed by atoms with Crippen LogP contribution in [0, 0.1) is 0 Å². The zero-order valence-corrected chi connectivity index (χ0v) is 13.9. The van der Waals surface area contributed by atoms with Gasteiger partial charge in [-0.3, -0.25) is 0 Å². The molecule has 1 fully saturated rings. The monoisotopic (exact) mass is 336 g/mol. The number of para-hydroxylation sites is 2. The topological polar surface area (TPSA) is 52.8 Å². The molecule has 0 radical (unpaired) electrons. The summed E-state index contributed by atoms with van der Waals surface area (Å²) in [5, 5.41) is 2.07. The molecule has 0 bridgehead atoms. The number of imidazole rings is 1. The van der Waals surface area contributed by atoms with E-state index in [1.165, 1.54) is 0 Å². The van der Waals surface area contributed by atoms with E-state index in [1.54, 1.807) is 11.3 Å². The first kappa shape index (κ1) is 14.1. The van der Waals surface area contributed by atoms with Gasteiger partial charge in [0.05, 0.1) is 28.6 Å². The number of fused-ring (bicyclic) bond motifs is 2. The number of hydrogen-bond donors (Lipinski definition) is 0. The SMILES string of the molecule is c1csc(-c2nc3nc4ccccc4nc3n2C[C@H]2CCCO2)c1. The van der Waals surface area contributed by atoms with Crippen molar-refractivity contribution in [3.8, 4) is 10.7 Å². The lowest BCUT2D eigenvalue weighted by Crippen LogP contribution is -2.16. The van der Waals surface area contributed by atoms with E-state index in [2.05, 4.69) is 16.0 Å². The second-order valence-electron chi connectivity index (χ2n) is 6.02. The van der Waals surface area contributed by atoms with Crippen molar-refractivity contribution < 1.29 is 4.74 Å². The molecule has 0 unspecified atom stereocenters. The highest BCUT2D eigenvalue weighted by atomic mass is 32.1. The second kappa shape index (κ2) is 5.65. The summed E-state index contributed by atoms with van der Waals surface area (Å²) in [7, 11) is 0. The van der Waals surface area contributed by atoms with Crippen molar-refractivity contribution in [1.29, 1.82) is 0 Å². The van der Waals surface area contributed by atoms with Gasteiger partial charge in [0.15, 0.2) is 17.1 Å². The molecule has 4 aromatic rings. The van der Waals surface area contributed by atoms with Crippen LogP contribution in [0.25, 0.3) is 33.0 Å². The third-order valence-corrected chi connectivity index (χ3v) is 5.28. The van der Waals surface area contributed by atoms with E-state index in [-0.39, 0.29) is 6.10 Å². The van der Waals surface area contributed by atoms with Gasteiger partial charge in [0.2, 0.25) is 0 Å². The summed E-state index contributed by atoms with van der Waals surface area (Å²) >= 11 is 1.69. The summed E-state index contributed by atoms with van der Waals surface area (Å²) in [6, 6.07) is 12.1. The Morgan fingerprint density at radius 2 is 1.96 bits per heavy atom. The average molecular weight is 336 g/mol. The summed E-state index contributed by atoms with van der Waals surface area (Å²) in [5.74, 6) is 0.936. The maximum absolute atomic E-state index is 5.84. The fourth-order valence-electron chi connectivity index (χ4n) is 3.26. The van der Waals surface area contributed by atoms with Gasteiger partial charge >= 0.3 is 0 Å². The first-order valence-electron chi connectivity index (χ1n) is 8.17. The minimum atomic E-state index is 0.231. The molecular formula is C18H16N4OS. The maximum Gasteiger partial charge on any atom is 0.198 e. The predicted octanol–water partition coefficient (Wildman–Crippen LogP) is 3.89. The zero-order chi connectivity index (χ0) is 15.9. The van der Waals surface area contributed by atoms with Gasteiger partial charge in [0.1, 0.15) is 0 Å². The van der Waals surface area contributed by atoms with Crippen molar-refractivity contribution in [3.63, 3.8) is 0 Å². The zero-order valence-electron chi connectivity index (χ0n) is 13.1. The molecule has 1 aromatic carbocycles. The number of thiophene rings is 1. The summed E-state index contributed by atoms with van der Waals surface area (Å²) < 4.78 is 8.02. The smallest absolute Gasteiger partial charge is 0.198 e. The number of ether oxygens (including phenoxy) is 1. The Bertz CT molecular complexity index is 1000. The number of rotatable bonds is 3. The molecule has 1 aliphatic rings. The molecule has 5 nitrogen and oxygen atoms in total. The summed E-state index contributed by atoms with van der Waals surface area (Å²) in [6.45, 7) is 1.62.